The minimum Gasteiger partial charge on any atom is -0.497 e. The first kappa shape index (κ1) is 16.3. The molecule has 1 fully saturated rings. The molecule has 0 saturated carbocycles. The summed E-state index contributed by atoms with van der Waals surface area (Å²) >= 11 is 0. The molecule has 1 saturated heterocycles. The van der Waals surface area contributed by atoms with Gasteiger partial charge >= 0.3 is 5.97 Å². The third-order valence-corrected chi connectivity index (χ3v) is 3.82. The van der Waals surface area contributed by atoms with Crippen molar-refractivity contribution in [2.24, 2.45) is 5.92 Å². The fourth-order valence-electron chi connectivity index (χ4n) is 2.61. The highest BCUT2D eigenvalue weighted by Gasteiger charge is 2.30. The Morgan fingerprint density at radius 1 is 1.45 bits per heavy atom. The number of benzene rings is 1. The molecule has 0 aliphatic carbocycles. The summed E-state index contributed by atoms with van der Waals surface area (Å²) in [5.41, 5.74) is 0.486. The molecule has 2 rings (SSSR count). The van der Waals surface area contributed by atoms with Crippen molar-refractivity contribution < 1.29 is 24.2 Å². The molecule has 120 valence electrons. The molecule has 1 amide bonds. The van der Waals surface area contributed by atoms with Crippen LogP contribution in [0.3, 0.4) is 0 Å². The minimum absolute atomic E-state index is 0.0181. The molecule has 3 unspecified atom stereocenters. The quantitative estimate of drug-likeness (QED) is 0.865. The summed E-state index contributed by atoms with van der Waals surface area (Å²) < 4.78 is 10.5. The van der Waals surface area contributed by atoms with Crippen molar-refractivity contribution in [2.75, 3.05) is 13.7 Å². The molecule has 0 bridgehead atoms. The molecule has 1 aliphatic heterocycles. The summed E-state index contributed by atoms with van der Waals surface area (Å²) in [6.07, 6.45) is 1.24. The molecule has 22 heavy (non-hydrogen) atoms. The van der Waals surface area contributed by atoms with E-state index in [0.29, 0.717) is 30.8 Å². The molecule has 1 aliphatic rings. The van der Waals surface area contributed by atoms with Crippen molar-refractivity contribution in [3.05, 3.63) is 29.8 Å². The molecule has 6 heteroatoms. The Balaban J connectivity index is 2.11. The first-order valence-corrected chi connectivity index (χ1v) is 7.30. The Kier molecular flexibility index (Phi) is 5.38. The summed E-state index contributed by atoms with van der Waals surface area (Å²) in [4.78, 5) is 23.8. The third-order valence-electron chi connectivity index (χ3n) is 3.82. The number of carboxylic acid groups (broad SMARTS) is 1. The second-order valence-electron chi connectivity index (χ2n) is 5.46. The van der Waals surface area contributed by atoms with Crippen LogP contribution in [0.5, 0.6) is 5.75 Å². The van der Waals surface area contributed by atoms with Crippen LogP contribution in [-0.2, 0) is 14.3 Å². The molecule has 2 N–H and O–H groups in total. The number of hydrogen-bond acceptors (Lipinski definition) is 4. The van der Waals surface area contributed by atoms with Gasteiger partial charge in [0.05, 0.1) is 13.2 Å². The number of carbonyl (C=O) groups is 2. The second-order valence-corrected chi connectivity index (χ2v) is 5.46. The van der Waals surface area contributed by atoms with Gasteiger partial charge in [-0.15, -0.1) is 0 Å². The highest BCUT2D eigenvalue weighted by atomic mass is 16.5. The van der Waals surface area contributed by atoms with Crippen molar-refractivity contribution >= 4 is 11.9 Å². The van der Waals surface area contributed by atoms with Crippen LogP contribution in [0.15, 0.2) is 24.3 Å². The Labute approximate surface area is 129 Å². The van der Waals surface area contributed by atoms with E-state index in [4.69, 9.17) is 9.47 Å². The molecule has 1 aromatic rings. The monoisotopic (exact) mass is 307 g/mol. The maximum absolute atomic E-state index is 12.3. The van der Waals surface area contributed by atoms with Crippen LogP contribution in [0.4, 0.5) is 0 Å². The van der Waals surface area contributed by atoms with E-state index in [9.17, 15) is 14.7 Å². The fraction of sp³-hybridized carbons (Fsp3) is 0.500. The molecular weight excluding hydrogens is 286 g/mol. The van der Waals surface area contributed by atoms with Crippen LogP contribution in [0.25, 0.3) is 0 Å². The molecule has 0 aromatic heterocycles. The Bertz CT molecular complexity index is 545. The fourth-order valence-corrected chi connectivity index (χ4v) is 2.61. The zero-order chi connectivity index (χ0) is 16.1. The maximum atomic E-state index is 12.3. The van der Waals surface area contributed by atoms with Gasteiger partial charge in [-0.05, 0) is 37.5 Å². The molecule has 1 heterocycles. The van der Waals surface area contributed by atoms with Gasteiger partial charge in [0.2, 0.25) is 5.91 Å². The lowest BCUT2D eigenvalue weighted by Crippen LogP contribution is -2.40. The van der Waals surface area contributed by atoms with Gasteiger partial charge in [-0.2, -0.15) is 0 Å². The van der Waals surface area contributed by atoms with E-state index in [0.717, 1.165) is 0 Å². The first-order valence-electron chi connectivity index (χ1n) is 7.30. The van der Waals surface area contributed by atoms with Gasteiger partial charge in [0.25, 0.3) is 0 Å². The number of carboxylic acids is 1. The van der Waals surface area contributed by atoms with Gasteiger partial charge in [0.15, 0.2) is 6.04 Å². The zero-order valence-electron chi connectivity index (χ0n) is 12.7. The van der Waals surface area contributed by atoms with Gasteiger partial charge in [-0.3, -0.25) is 4.79 Å². The van der Waals surface area contributed by atoms with Crippen LogP contribution in [0.1, 0.15) is 31.4 Å². The van der Waals surface area contributed by atoms with E-state index in [-0.39, 0.29) is 17.9 Å². The van der Waals surface area contributed by atoms with E-state index in [1.807, 2.05) is 6.92 Å². The second kappa shape index (κ2) is 7.26. The van der Waals surface area contributed by atoms with Gasteiger partial charge in [-0.1, -0.05) is 12.1 Å². The lowest BCUT2D eigenvalue weighted by atomic mass is 9.94. The van der Waals surface area contributed by atoms with Crippen LogP contribution < -0.4 is 10.1 Å². The Morgan fingerprint density at radius 3 is 2.86 bits per heavy atom. The Morgan fingerprint density at radius 2 is 2.23 bits per heavy atom. The molecule has 0 spiro atoms. The first-order chi connectivity index (χ1) is 10.5. The van der Waals surface area contributed by atoms with Crippen molar-refractivity contribution in [1.82, 2.24) is 5.32 Å². The number of amides is 1. The molecule has 0 radical (unpaired) electrons. The van der Waals surface area contributed by atoms with Crippen molar-refractivity contribution in [3.63, 3.8) is 0 Å². The van der Waals surface area contributed by atoms with Crippen molar-refractivity contribution in [3.8, 4) is 5.75 Å². The normalized spacial score (nSPS) is 22.6. The van der Waals surface area contributed by atoms with Gasteiger partial charge in [0, 0.05) is 12.5 Å². The largest absolute Gasteiger partial charge is 0.497 e. The average Bonchev–Trinajstić information content (AvgIpc) is 2.52. The highest BCUT2D eigenvalue weighted by Crippen LogP contribution is 2.23. The van der Waals surface area contributed by atoms with E-state index in [2.05, 4.69) is 5.32 Å². The SMILES string of the molecule is COc1cccc(C(NC(=O)C2CCOC(C)C2)C(=O)O)c1. The summed E-state index contributed by atoms with van der Waals surface area (Å²) in [5.74, 6) is -0.999. The van der Waals surface area contributed by atoms with E-state index in [1.54, 1.807) is 24.3 Å². The summed E-state index contributed by atoms with van der Waals surface area (Å²) in [7, 11) is 1.51. The van der Waals surface area contributed by atoms with Crippen LogP contribution in [0, 0.1) is 5.92 Å². The van der Waals surface area contributed by atoms with Gasteiger partial charge in [-0.25, -0.2) is 4.79 Å². The predicted molar refractivity (Wildman–Crippen MR) is 79.7 cm³/mol. The number of hydrogen-bond donors (Lipinski definition) is 2. The van der Waals surface area contributed by atoms with Gasteiger partial charge in [0.1, 0.15) is 5.75 Å². The van der Waals surface area contributed by atoms with Crippen LogP contribution in [0.2, 0.25) is 0 Å². The average molecular weight is 307 g/mol. The standard InChI is InChI=1S/C16H21NO5/c1-10-8-12(6-7-22-10)15(18)17-14(16(19)20)11-4-3-5-13(9-11)21-2/h3-5,9-10,12,14H,6-8H2,1-2H3,(H,17,18)(H,19,20). The summed E-state index contributed by atoms with van der Waals surface area (Å²) in [5, 5.41) is 12.0. The van der Waals surface area contributed by atoms with Crippen molar-refractivity contribution in [2.45, 2.75) is 31.9 Å². The maximum Gasteiger partial charge on any atom is 0.330 e. The topological polar surface area (TPSA) is 84.9 Å². The number of methoxy groups -OCH3 is 1. The summed E-state index contributed by atoms with van der Waals surface area (Å²) in [6, 6.07) is 5.62. The number of nitrogens with one attached hydrogen (secondary N) is 1. The zero-order valence-corrected chi connectivity index (χ0v) is 12.7. The number of ether oxygens (including phenoxy) is 2. The predicted octanol–water partition coefficient (Wildman–Crippen LogP) is 1.75. The molecule has 3 atom stereocenters. The van der Waals surface area contributed by atoms with Crippen LogP contribution in [-0.4, -0.2) is 36.8 Å². The molecular formula is C16H21NO5. The van der Waals surface area contributed by atoms with E-state index in [1.165, 1.54) is 7.11 Å². The Hall–Kier alpha value is -2.08. The molecule has 6 nitrogen and oxygen atoms in total. The number of carbonyl (C=O) groups excluding carboxylic acids is 1. The highest BCUT2D eigenvalue weighted by molar-refractivity contribution is 5.86. The summed E-state index contributed by atoms with van der Waals surface area (Å²) in [6.45, 7) is 2.44. The smallest absolute Gasteiger partial charge is 0.330 e. The van der Waals surface area contributed by atoms with Crippen molar-refractivity contribution in [1.29, 1.82) is 0 Å². The molecule has 1 aromatic carbocycles. The third kappa shape index (κ3) is 3.98. The number of rotatable bonds is 5. The number of aliphatic carboxylic acids is 1. The van der Waals surface area contributed by atoms with E-state index >= 15 is 0 Å². The van der Waals surface area contributed by atoms with Crippen LogP contribution >= 0.6 is 0 Å². The lowest BCUT2D eigenvalue weighted by molar-refractivity contribution is -0.143. The minimum atomic E-state index is -1.10. The lowest BCUT2D eigenvalue weighted by Gasteiger charge is -2.27. The van der Waals surface area contributed by atoms with Gasteiger partial charge < -0.3 is 19.9 Å². The van der Waals surface area contributed by atoms with E-state index < -0.39 is 12.0 Å².